The smallest absolute Gasteiger partial charge is 0.215 e. The van der Waals surface area contributed by atoms with Crippen LogP contribution in [0.1, 0.15) is 11.4 Å². The molecule has 2 rings (SSSR count). The van der Waals surface area contributed by atoms with Crippen molar-refractivity contribution in [2.75, 3.05) is 7.11 Å². The molecule has 0 N–H and O–H groups in total. The summed E-state index contributed by atoms with van der Waals surface area (Å²) in [7, 11) is 1.60. The number of nitrogens with zero attached hydrogens (tertiary/aromatic N) is 3. The van der Waals surface area contributed by atoms with Crippen molar-refractivity contribution in [2.24, 2.45) is 0 Å². The van der Waals surface area contributed by atoms with Gasteiger partial charge in [0.25, 0.3) is 0 Å². The fourth-order valence-corrected chi connectivity index (χ4v) is 1.76. The lowest BCUT2D eigenvalue weighted by atomic mass is 10.3. The second-order valence-corrected chi connectivity index (χ2v) is 4.25. The molecule has 0 spiro atoms. The Hall–Kier alpha value is -1.36. The number of hydrogen-bond acceptors (Lipinski definition) is 3. The van der Waals surface area contributed by atoms with Gasteiger partial charge >= 0.3 is 0 Å². The molecule has 0 aliphatic carbocycles. The van der Waals surface area contributed by atoms with E-state index in [1.54, 1.807) is 13.3 Å². The minimum atomic E-state index is 0.584. The first kappa shape index (κ1) is 11.1. The molecule has 0 aliphatic rings. The summed E-state index contributed by atoms with van der Waals surface area (Å²) >= 11 is 3.50. The van der Waals surface area contributed by atoms with Crippen LogP contribution in [0.5, 0.6) is 5.88 Å². The van der Waals surface area contributed by atoms with E-state index in [-0.39, 0.29) is 0 Å². The minimum Gasteiger partial charge on any atom is -0.481 e. The largest absolute Gasteiger partial charge is 0.481 e. The third-order valence-electron chi connectivity index (χ3n) is 2.38. The predicted molar refractivity (Wildman–Crippen MR) is 65.1 cm³/mol. The molecule has 84 valence electrons. The summed E-state index contributed by atoms with van der Waals surface area (Å²) in [6.07, 6.45) is 1.71. The monoisotopic (exact) mass is 281 g/mol. The molecule has 0 radical (unpaired) electrons. The van der Waals surface area contributed by atoms with Gasteiger partial charge in [-0.1, -0.05) is 0 Å². The van der Waals surface area contributed by atoms with E-state index in [2.05, 4.69) is 26.0 Å². The SMILES string of the molecule is COc1cc(-n2nc(C)c(Br)c2C)ccn1. The van der Waals surface area contributed by atoms with Gasteiger partial charge in [-0.2, -0.15) is 5.10 Å². The highest BCUT2D eigenvalue weighted by Crippen LogP contribution is 2.23. The van der Waals surface area contributed by atoms with E-state index in [4.69, 9.17) is 4.74 Å². The first-order chi connectivity index (χ1) is 7.63. The van der Waals surface area contributed by atoms with Crippen LogP contribution >= 0.6 is 15.9 Å². The van der Waals surface area contributed by atoms with Crippen molar-refractivity contribution < 1.29 is 4.74 Å². The van der Waals surface area contributed by atoms with E-state index in [1.165, 1.54) is 0 Å². The van der Waals surface area contributed by atoms with E-state index in [0.717, 1.165) is 21.5 Å². The highest BCUT2D eigenvalue weighted by Gasteiger charge is 2.10. The molecular formula is C11H12BrN3O. The molecule has 0 saturated carbocycles. The molecule has 2 aromatic rings. The summed E-state index contributed by atoms with van der Waals surface area (Å²) in [6.45, 7) is 3.98. The predicted octanol–water partition coefficient (Wildman–Crippen LogP) is 2.66. The zero-order chi connectivity index (χ0) is 11.7. The maximum Gasteiger partial charge on any atom is 0.215 e. The molecule has 5 heteroatoms. The third kappa shape index (κ3) is 1.82. The van der Waals surface area contributed by atoms with Crippen LogP contribution in [0, 0.1) is 13.8 Å². The molecule has 0 unspecified atom stereocenters. The van der Waals surface area contributed by atoms with Crippen LogP contribution in [-0.4, -0.2) is 21.9 Å². The zero-order valence-electron chi connectivity index (χ0n) is 9.36. The average molecular weight is 282 g/mol. The van der Waals surface area contributed by atoms with Gasteiger partial charge in [-0.05, 0) is 35.8 Å². The molecule has 0 atom stereocenters. The van der Waals surface area contributed by atoms with Gasteiger partial charge < -0.3 is 4.74 Å². The van der Waals surface area contributed by atoms with Gasteiger partial charge in [0, 0.05) is 12.3 Å². The second kappa shape index (κ2) is 4.25. The molecule has 0 aromatic carbocycles. The van der Waals surface area contributed by atoms with Crippen molar-refractivity contribution >= 4 is 15.9 Å². The van der Waals surface area contributed by atoms with Gasteiger partial charge in [-0.15, -0.1) is 0 Å². The Balaban J connectivity index is 2.54. The van der Waals surface area contributed by atoms with Crippen LogP contribution in [0.4, 0.5) is 0 Å². The first-order valence-corrected chi connectivity index (χ1v) is 5.65. The standard InChI is InChI=1S/C11H12BrN3O/c1-7-11(12)8(2)15(14-7)9-4-5-13-10(6-9)16-3/h4-6H,1-3H3. The quantitative estimate of drug-likeness (QED) is 0.850. The van der Waals surface area contributed by atoms with Crippen LogP contribution in [0.15, 0.2) is 22.8 Å². The summed E-state index contributed by atoms with van der Waals surface area (Å²) in [4.78, 5) is 4.07. The van der Waals surface area contributed by atoms with Crippen LogP contribution in [0.25, 0.3) is 5.69 Å². The van der Waals surface area contributed by atoms with Gasteiger partial charge in [0.2, 0.25) is 5.88 Å². The normalized spacial score (nSPS) is 10.5. The van der Waals surface area contributed by atoms with Crippen LogP contribution < -0.4 is 4.74 Å². The molecule has 2 aromatic heterocycles. The Morgan fingerprint density at radius 1 is 1.38 bits per heavy atom. The van der Waals surface area contributed by atoms with Crippen molar-refractivity contribution in [2.45, 2.75) is 13.8 Å². The van der Waals surface area contributed by atoms with E-state index in [0.29, 0.717) is 5.88 Å². The summed E-state index contributed by atoms with van der Waals surface area (Å²) < 4.78 is 7.98. The molecule has 0 amide bonds. The van der Waals surface area contributed by atoms with Crippen molar-refractivity contribution in [3.05, 3.63) is 34.2 Å². The lowest BCUT2D eigenvalue weighted by Gasteiger charge is -2.05. The molecular weight excluding hydrogens is 270 g/mol. The fourth-order valence-electron chi connectivity index (χ4n) is 1.52. The Morgan fingerprint density at radius 3 is 2.69 bits per heavy atom. The highest BCUT2D eigenvalue weighted by molar-refractivity contribution is 9.10. The molecule has 0 aliphatic heterocycles. The zero-order valence-corrected chi connectivity index (χ0v) is 10.9. The number of aryl methyl sites for hydroxylation is 1. The van der Waals surface area contributed by atoms with Crippen molar-refractivity contribution in [3.8, 4) is 11.6 Å². The molecule has 4 nitrogen and oxygen atoms in total. The van der Waals surface area contributed by atoms with Gasteiger partial charge in [0.15, 0.2) is 0 Å². The van der Waals surface area contributed by atoms with Crippen molar-refractivity contribution in [1.29, 1.82) is 0 Å². The van der Waals surface area contributed by atoms with E-state index >= 15 is 0 Å². The molecule has 0 saturated heterocycles. The van der Waals surface area contributed by atoms with Crippen LogP contribution in [0.2, 0.25) is 0 Å². The van der Waals surface area contributed by atoms with Gasteiger partial charge in [0.1, 0.15) is 0 Å². The van der Waals surface area contributed by atoms with Gasteiger partial charge in [0.05, 0.1) is 28.7 Å². The number of methoxy groups -OCH3 is 1. The minimum absolute atomic E-state index is 0.584. The molecule has 2 heterocycles. The second-order valence-electron chi connectivity index (χ2n) is 3.45. The topological polar surface area (TPSA) is 39.9 Å². The average Bonchev–Trinajstić information content (AvgIpc) is 2.57. The molecule has 16 heavy (non-hydrogen) atoms. The maximum absolute atomic E-state index is 5.09. The number of halogens is 1. The fraction of sp³-hybridized carbons (Fsp3) is 0.273. The van der Waals surface area contributed by atoms with E-state index < -0.39 is 0 Å². The highest BCUT2D eigenvalue weighted by atomic mass is 79.9. The lowest BCUT2D eigenvalue weighted by molar-refractivity contribution is 0.397. The van der Waals surface area contributed by atoms with E-state index in [9.17, 15) is 0 Å². The Morgan fingerprint density at radius 2 is 2.12 bits per heavy atom. The number of hydrogen-bond donors (Lipinski definition) is 0. The van der Waals surface area contributed by atoms with Gasteiger partial charge in [-0.25, -0.2) is 9.67 Å². The van der Waals surface area contributed by atoms with Crippen LogP contribution in [0.3, 0.4) is 0 Å². The third-order valence-corrected chi connectivity index (χ3v) is 3.52. The number of pyridine rings is 1. The Bertz CT molecular complexity index is 522. The van der Waals surface area contributed by atoms with Crippen molar-refractivity contribution in [3.63, 3.8) is 0 Å². The van der Waals surface area contributed by atoms with Crippen molar-refractivity contribution in [1.82, 2.24) is 14.8 Å². The Kier molecular flexibility index (Phi) is 2.96. The number of rotatable bonds is 2. The number of ether oxygens (including phenoxy) is 1. The van der Waals surface area contributed by atoms with Crippen LogP contribution in [-0.2, 0) is 0 Å². The Labute approximate surface area is 102 Å². The number of aromatic nitrogens is 3. The van der Waals surface area contributed by atoms with Gasteiger partial charge in [-0.3, -0.25) is 0 Å². The molecule has 0 bridgehead atoms. The van der Waals surface area contributed by atoms with E-state index in [1.807, 2.05) is 30.7 Å². The lowest BCUT2D eigenvalue weighted by Crippen LogP contribution is -2.00. The first-order valence-electron chi connectivity index (χ1n) is 4.85. The summed E-state index contributed by atoms with van der Waals surface area (Å²) in [5, 5.41) is 4.44. The molecule has 0 fully saturated rings. The maximum atomic E-state index is 5.09. The summed E-state index contributed by atoms with van der Waals surface area (Å²) in [5.74, 6) is 0.584. The summed E-state index contributed by atoms with van der Waals surface area (Å²) in [5.41, 5.74) is 2.97. The summed E-state index contributed by atoms with van der Waals surface area (Å²) in [6, 6.07) is 3.75.